The van der Waals surface area contributed by atoms with Crippen LogP contribution in [0.25, 0.3) is 0 Å². The summed E-state index contributed by atoms with van der Waals surface area (Å²) in [7, 11) is 0. The standard InChI is InChI=1S/C17H29NO/c1-5-18-12-7-6-10-17(12)13-9-8-11(19-13)14(17)15(18)16(2,3)4/h11-15H,5-10H2,1-4H3. The zero-order chi connectivity index (χ0) is 13.4. The summed E-state index contributed by atoms with van der Waals surface area (Å²) in [4.78, 5) is 2.88. The molecule has 6 unspecified atom stereocenters. The van der Waals surface area contributed by atoms with Gasteiger partial charge in [0.05, 0.1) is 12.2 Å². The summed E-state index contributed by atoms with van der Waals surface area (Å²) in [5, 5.41) is 0. The number of fused-ring (bicyclic) bond motifs is 3. The van der Waals surface area contributed by atoms with E-state index in [4.69, 9.17) is 4.74 Å². The molecule has 0 amide bonds. The van der Waals surface area contributed by atoms with Crippen LogP contribution in [0.3, 0.4) is 0 Å². The largest absolute Gasteiger partial charge is 0.374 e. The minimum atomic E-state index is 0.381. The summed E-state index contributed by atoms with van der Waals surface area (Å²) in [6, 6.07) is 1.56. The first kappa shape index (κ1) is 12.6. The molecule has 3 aliphatic heterocycles. The van der Waals surface area contributed by atoms with E-state index in [0.29, 0.717) is 23.0 Å². The van der Waals surface area contributed by atoms with Gasteiger partial charge in [-0.1, -0.05) is 34.1 Å². The van der Waals surface area contributed by atoms with Crippen LogP contribution >= 0.6 is 0 Å². The monoisotopic (exact) mass is 263 g/mol. The quantitative estimate of drug-likeness (QED) is 0.718. The summed E-state index contributed by atoms with van der Waals surface area (Å²) in [5.41, 5.74) is 0.919. The first-order chi connectivity index (χ1) is 9.00. The molecule has 0 aromatic carbocycles. The minimum absolute atomic E-state index is 0.381. The SMILES string of the molecule is CCN1C(C(C)(C)C)C2C3CCC(O3)C23CCCC13. The van der Waals surface area contributed by atoms with Crippen molar-refractivity contribution in [2.75, 3.05) is 6.54 Å². The lowest BCUT2D eigenvalue weighted by atomic mass is 9.61. The van der Waals surface area contributed by atoms with Crippen LogP contribution in [0, 0.1) is 16.7 Å². The van der Waals surface area contributed by atoms with Gasteiger partial charge in [-0.05, 0) is 37.6 Å². The Labute approximate surface area is 117 Å². The van der Waals surface area contributed by atoms with Gasteiger partial charge in [-0.2, -0.15) is 0 Å². The molecule has 108 valence electrons. The molecule has 19 heavy (non-hydrogen) atoms. The average Bonchev–Trinajstić information content (AvgIpc) is 3.02. The van der Waals surface area contributed by atoms with E-state index in [0.717, 1.165) is 18.0 Å². The molecule has 0 N–H and O–H groups in total. The van der Waals surface area contributed by atoms with Gasteiger partial charge in [0.15, 0.2) is 0 Å². The number of hydrogen-bond acceptors (Lipinski definition) is 2. The van der Waals surface area contributed by atoms with Crippen molar-refractivity contribution in [1.29, 1.82) is 0 Å². The second-order valence-corrected chi connectivity index (χ2v) is 8.43. The van der Waals surface area contributed by atoms with Crippen LogP contribution in [-0.4, -0.2) is 35.7 Å². The fraction of sp³-hybridized carbons (Fsp3) is 1.00. The second-order valence-electron chi connectivity index (χ2n) is 8.43. The molecular formula is C17H29NO. The maximum Gasteiger partial charge on any atom is 0.0655 e. The Morgan fingerprint density at radius 3 is 2.68 bits per heavy atom. The number of nitrogens with zero attached hydrogens (tertiary/aromatic N) is 1. The normalized spacial score (nSPS) is 52.7. The molecule has 1 saturated carbocycles. The molecule has 0 aromatic heterocycles. The molecule has 3 saturated heterocycles. The lowest BCUT2D eigenvalue weighted by Crippen LogP contribution is -2.47. The molecule has 4 rings (SSSR count). The van der Waals surface area contributed by atoms with Crippen molar-refractivity contribution in [3.63, 3.8) is 0 Å². The molecule has 4 fully saturated rings. The maximum atomic E-state index is 6.44. The molecule has 3 heterocycles. The minimum Gasteiger partial charge on any atom is -0.374 e. The highest BCUT2D eigenvalue weighted by Crippen LogP contribution is 2.68. The Morgan fingerprint density at radius 2 is 2.00 bits per heavy atom. The van der Waals surface area contributed by atoms with Crippen LogP contribution in [-0.2, 0) is 4.74 Å². The molecule has 2 bridgehead atoms. The predicted molar refractivity (Wildman–Crippen MR) is 77.1 cm³/mol. The lowest BCUT2D eigenvalue weighted by Gasteiger charge is -2.41. The van der Waals surface area contributed by atoms with E-state index in [1.165, 1.54) is 38.6 Å². The number of rotatable bonds is 1. The maximum absolute atomic E-state index is 6.44. The highest BCUT2D eigenvalue weighted by atomic mass is 16.5. The molecule has 2 nitrogen and oxygen atoms in total. The van der Waals surface area contributed by atoms with Gasteiger partial charge in [-0.25, -0.2) is 0 Å². The molecule has 2 heteroatoms. The first-order valence-electron chi connectivity index (χ1n) is 8.41. The van der Waals surface area contributed by atoms with Crippen LogP contribution in [0.2, 0.25) is 0 Å². The third-order valence-corrected chi connectivity index (χ3v) is 6.73. The molecule has 1 spiro atoms. The lowest BCUT2D eigenvalue weighted by molar-refractivity contribution is 0.00852. The van der Waals surface area contributed by atoms with Crippen molar-refractivity contribution in [3.05, 3.63) is 0 Å². The Balaban J connectivity index is 1.82. The molecule has 1 aliphatic carbocycles. The van der Waals surface area contributed by atoms with Crippen LogP contribution in [0.5, 0.6) is 0 Å². The van der Waals surface area contributed by atoms with Crippen LogP contribution in [0.4, 0.5) is 0 Å². The fourth-order valence-electron chi connectivity index (χ4n) is 6.51. The Bertz CT molecular complexity index is 387. The Hall–Kier alpha value is -0.0800. The van der Waals surface area contributed by atoms with Crippen molar-refractivity contribution in [1.82, 2.24) is 4.90 Å². The molecule has 4 aliphatic rings. The third kappa shape index (κ3) is 1.35. The van der Waals surface area contributed by atoms with Gasteiger partial charge >= 0.3 is 0 Å². The third-order valence-electron chi connectivity index (χ3n) is 6.73. The highest BCUT2D eigenvalue weighted by Gasteiger charge is 2.72. The topological polar surface area (TPSA) is 12.5 Å². The molecule has 6 atom stereocenters. The fourth-order valence-corrected chi connectivity index (χ4v) is 6.51. The average molecular weight is 263 g/mol. The summed E-state index contributed by atoms with van der Waals surface area (Å²) in [6.45, 7) is 10.9. The van der Waals surface area contributed by atoms with Gasteiger partial charge < -0.3 is 4.74 Å². The van der Waals surface area contributed by atoms with E-state index < -0.39 is 0 Å². The van der Waals surface area contributed by atoms with Crippen LogP contribution in [0.15, 0.2) is 0 Å². The smallest absolute Gasteiger partial charge is 0.0655 e. The van der Waals surface area contributed by atoms with Gasteiger partial charge in [-0.3, -0.25) is 4.90 Å². The van der Waals surface area contributed by atoms with Gasteiger partial charge in [0, 0.05) is 23.4 Å². The van der Waals surface area contributed by atoms with Gasteiger partial charge in [0.1, 0.15) is 0 Å². The van der Waals surface area contributed by atoms with E-state index in [2.05, 4.69) is 32.6 Å². The predicted octanol–water partition coefficient (Wildman–Crippen LogP) is 3.45. The zero-order valence-electron chi connectivity index (χ0n) is 13.0. The van der Waals surface area contributed by atoms with E-state index >= 15 is 0 Å². The van der Waals surface area contributed by atoms with Crippen molar-refractivity contribution in [2.24, 2.45) is 16.7 Å². The summed E-state index contributed by atoms with van der Waals surface area (Å²) in [5.74, 6) is 0.818. The van der Waals surface area contributed by atoms with Crippen LogP contribution in [0.1, 0.15) is 59.8 Å². The first-order valence-corrected chi connectivity index (χ1v) is 8.41. The van der Waals surface area contributed by atoms with E-state index in [-0.39, 0.29) is 0 Å². The van der Waals surface area contributed by atoms with Gasteiger partial charge in [0.2, 0.25) is 0 Å². The Kier molecular flexibility index (Phi) is 2.50. The number of hydrogen-bond donors (Lipinski definition) is 0. The zero-order valence-corrected chi connectivity index (χ0v) is 13.0. The van der Waals surface area contributed by atoms with Crippen molar-refractivity contribution >= 4 is 0 Å². The van der Waals surface area contributed by atoms with Gasteiger partial charge in [-0.15, -0.1) is 0 Å². The Morgan fingerprint density at radius 1 is 1.21 bits per heavy atom. The van der Waals surface area contributed by atoms with E-state index in [1.807, 2.05) is 0 Å². The summed E-state index contributed by atoms with van der Waals surface area (Å²) < 4.78 is 6.44. The van der Waals surface area contributed by atoms with Crippen molar-refractivity contribution < 1.29 is 4.74 Å². The molecular weight excluding hydrogens is 234 g/mol. The van der Waals surface area contributed by atoms with Crippen molar-refractivity contribution in [3.8, 4) is 0 Å². The van der Waals surface area contributed by atoms with E-state index in [9.17, 15) is 0 Å². The molecule has 0 radical (unpaired) electrons. The van der Waals surface area contributed by atoms with Crippen LogP contribution < -0.4 is 0 Å². The molecule has 0 aromatic rings. The second kappa shape index (κ2) is 3.76. The highest BCUT2D eigenvalue weighted by molar-refractivity contribution is 5.23. The number of likely N-dealkylation sites (tertiary alicyclic amines) is 1. The van der Waals surface area contributed by atoms with Crippen molar-refractivity contribution in [2.45, 2.75) is 84.1 Å². The number of ether oxygens (including phenoxy) is 1. The van der Waals surface area contributed by atoms with Gasteiger partial charge in [0.25, 0.3) is 0 Å². The van der Waals surface area contributed by atoms with E-state index in [1.54, 1.807) is 0 Å². The summed E-state index contributed by atoms with van der Waals surface area (Å²) >= 11 is 0. The summed E-state index contributed by atoms with van der Waals surface area (Å²) in [6.07, 6.45) is 8.12.